The predicted molar refractivity (Wildman–Crippen MR) is 41.8 cm³/mol. The van der Waals surface area contributed by atoms with Crippen LogP contribution in [0.1, 0.15) is 12.8 Å². The minimum atomic E-state index is -0.995. The number of carboxylic acids is 1. The first-order valence-electron chi connectivity index (χ1n) is 3.73. The van der Waals surface area contributed by atoms with Gasteiger partial charge in [-0.25, -0.2) is 0 Å². The average Bonchev–Trinajstić information content (AvgIpc) is 2.04. The molecular weight excluding hydrogens is 162 g/mol. The van der Waals surface area contributed by atoms with Gasteiger partial charge in [-0.2, -0.15) is 0 Å². The highest BCUT2D eigenvalue weighted by atomic mass is 16.4. The quantitative estimate of drug-likeness (QED) is 0.432. The van der Waals surface area contributed by atoms with E-state index >= 15 is 0 Å². The Kier molecular flexibility index (Phi) is 6.22. The van der Waals surface area contributed by atoms with Crippen LogP contribution < -0.4 is 5.32 Å². The number of hydrogen-bond donors (Lipinski definition) is 3. The molecule has 0 fully saturated rings. The Morgan fingerprint density at radius 2 is 2.25 bits per heavy atom. The van der Waals surface area contributed by atoms with Crippen LogP contribution >= 0.6 is 0 Å². The summed E-state index contributed by atoms with van der Waals surface area (Å²) in [5.74, 6) is -0.995. The van der Waals surface area contributed by atoms with Crippen LogP contribution in [0.4, 0.5) is 0 Å². The zero-order valence-corrected chi connectivity index (χ0v) is 6.69. The smallest absolute Gasteiger partial charge is 0.320 e. The lowest BCUT2D eigenvalue weighted by atomic mass is 10.1. The molecule has 0 bridgehead atoms. The second-order valence-electron chi connectivity index (χ2n) is 2.31. The molecule has 0 aromatic heterocycles. The van der Waals surface area contributed by atoms with Gasteiger partial charge in [-0.05, 0) is 6.42 Å². The van der Waals surface area contributed by atoms with Crippen LogP contribution in [-0.4, -0.2) is 41.7 Å². The number of carboxylic acid groups (broad SMARTS) is 1. The molecule has 0 aromatic rings. The van der Waals surface area contributed by atoms with Gasteiger partial charge in [-0.3, -0.25) is 4.79 Å². The van der Waals surface area contributed by atoms with E-state index in [-0.39, 0.29) is 26.0 Å². The summed E-state index contributed by atoms with van der Waals surface area (Å²) < 4.78 is 0. The highest BCUT2D eigenvalue weighted by Gasteiger charge is 2.14. The Morgan fingerprint density at radius 1 is 1.58 bits per heavy atom. The Balaban J connectivity index is 3.69. The predicted octanol–water partition coefficient (Wildman–Crippen LogP) is -0.999. The number of carbonyl (C=O) groups excluding carboxylic acids is 1. The van der Waals surface area contributed by atoms with Crippen LogP contribution in [0.5, 0.6) is 0 Å². The van der Waals surface area contributed by atoms with Crippen molar-refractivity contribution in [2.45, 2.75) is 18.9 Å². The maximum atomic E-state index is 10.5. The normalized spacial score (nSPS) is 12.4. The molecule has 0 spiro atoms. The number of aldehydes is 1. The van der Waals surface area contributed by atoms with Gasteiger partial charge in [-0.1, -0.05) is 0 Å². The summed E-state index contributed by atoms with van der Waals surface area (Å²) in [6.07, 6.45) is 1.16. The molecule has 12 heavy (non-hydrogen) atoms. The third kappa shape index (κ3) is 4.81. The van der Waals surface area contributed by atoms with Crippen LogP contribution in [0.25, 0.3) is 0 Å². The molecule has 0 saturated carbocycles. The molecule has 5 nitrogen and oxygen atoms in total. The fraction of sp³-hybridized carbons (Fsp3) is 0.714. The van der Waals surface area contributed by atoms with E-state index in [1.807, 2.05) is 0 Å². The van der Waals surface area contributed by atoms with Crippen molar-refractivity contribution in [3.8, 4) is 0 Å². The third-order valence-electron chi connectivity index (χ3n) is 1.37. The van der Waals surface area contributed by atoms with Gasteiger partial charge in [0.2, 0.25) is 0 Å². The molecule has 1 atom stereocenters. The number of aliphatic carboxylic acids is 1. The molecule has 0 amide bonds. The SMILES string of the molecule is O=CCCC(NCCO)C(=O)O. The van der Waals surface area contributed by atoms with Crippen molar-refractivity contribution >= 4 is 12.3 Å². The summed E-state index contributed by atoms with van der Waals surface area (Å²) in [6, 6.07) is -0.734. The van der Waals surface area contributed by atoms with Gasteiger partial charge in [0.15, 0.2) is 0 Å². The van der Waals surface area contributed by atoms with Gasteiger partial charge in [0.05, 0.1) is 6.61 Å². The van der Waals surface area contributed by atoms with E-state index in [4.69, 9.17) is 10.2 Å². The first-order chi connectivity index (χ1) is 5.72. The van der Waals surface area contributed by atoms with Gasteiger partial charge >= 0.3 is 5.97 Å². The second kappa shape index (κ2) is 6.75. The number of carbonyl (C=O) groups is 2. The van der Waals surface area contributed by atoms with Crippen LogP contribution in [0.3, 0.4) is 0 Å². The van der Waals surface area contributed by atoms with Gasteiger partial charge in [0.1, 0.15) is 12.3 Å². The molecule has 0 heterocycles. The zero-order valence-electron chi connectivity index (χ0n) is 6.69. The largest absolute Gasteiger partial charge is 0.480 e. The lowest BCUT2D eigenvalue weighted by molar-refractivity contribution is -0.139. The lowest BCUT2D eigenvalue weighted by Crippen LogP contribution is -2.38. The van der Waals surface area contributed by atoms with Crippen molar-refractivity contribution in [3.05, 3.63) is 0 Å². The molecule has 0 rings (SSSR count). The van der Waals surface area contributed by atoms with Crippen LogP contribution in [0.2, 0.25) is 0 Å². The molecule has 0 radical (unpaired) electrons. The summed E-state index contributed by atoms with van der Waals surface area (Å²) in [7, 11) is 0. The van der Waals surface area contributed by atoms with E-state index in [9.17, 15) is 9.59 Å². The van der Waals surface area contributed by atoms with Crippen molar-refractivity contribution in [1.82, 2.24) is 5.32 Å². The summed E-state index contributed by atoms with van der Waals surface area (Å²) >= 11 is 0. The van der Waals surface area contributed by atoms with E-state index in [0.29, 0.717) is 6.29 Å². The van der Waals surface area contributed by atoms with E-state index in [1.54, 1.807) is 0 Å². The molecule has 0 aromatic carbocycles. The highest BCUT2D eigenvalue weighted by molar-refractivity contribution is 5.73. The van der Waals surface area contributed by atoms with Crippen LogP contribution in [0.15, 0.2) is 0 Å². The number of hydrogen-bond acceptors (Lipinski definition) is 4. The molecule has 0 saturated heterocycles. The molecule has 3 N–H and O–H groups in total. The van der Waals surface area contributed by atoms with E-state index in [1.165, 1.54) is 0 Å². The molecule has 1 unspecified atom stereocenters. The highest BCUT2D eigenvalue weighted by Crippen LogP contribution is 1.94. The maximum Gasteiger partial charge on any atom is 0.320 e. The van der Waals surface area contributed by atoms with E-state index in [2.05, 4.69) is 5.32 Å². The fourth-order valence-corrected chi connectivity index (χ4v) is 0.786. The van der Waals surface area contributed by atoms with Crippen LogP contribution in [0, 0.1) is 0 Å². The van der Waals surface area contributed by atoms with Crippen molar-refractivity contribution in [2.75, 3.05) is 13.2 Å². The number of aliphatic hydroxyl groups is 1. The van der Waals surface area contributed by atoms with Gasteiger partial charge in [0, 0.05) is 13.0 Å². The van der Waals surface area contributed by atoms with Gasteiger partial charge in [-0.15, -0.1) is 0 Å². The van der Waals surface area contributed by atoms with Crippen molar-refractivity contribution in [2.24, 2.45) is 0 Å². The monoisotopic (exact) mass is 175 g/mol. The van der Waals surface area contributed by atoms with Gasteiger partial charge in [0.25, 0.3) is 0 Å². The molecule has 5 heteroatoms. The summed E-state index contributed by atoms with van der Waals surface area (Å²) in [4.78, 5) is 20.4. The Labute approximate surface area is 70.4 Å². The summed E-state index contributed by atoms with van der Waals surface area (Å²) in [6.45, 7) is 0.126. The van der Waals surface area contributed by atoms with Gasteiger partial charge < -0.3 is 20.3 Å². The maximum absolute atomic E-state index is 10.5. The minimum Gasteiger partial charge on any atom is -0.480 e. The second-order valence-corrected chi connectivity index (χ2v) is 2.31. The van der Waals surface area contributed by atoms with Crippen LogP contribution in [-0.2, 0) is 9.59 Å². The Bertz CT molecular complexity index is 148. The fourth-order valence-electron chi connectivity index (χ4n) is 0.786. The number of rotatable bonds is 7. The molecule has 0 aliphatic heterocycles. The van der Waals surface area contributed by atoms with E-state index in [0.717, 1.165) is 0 Å². The van der Waals surface area contributed by atoms with Crippen molar-refractivity contribution < 1.29 is 19.8 Å². The first kappa shape index (κ1) is 11.1. The average molecular weight is 175 g/mol. The van der Waals surface area contributed by atoms with Crippen molar-refractivity contribution in [3.63, 3.8) is 0 Å². The summed E-state index contributed by atoms with van der Waals surface area (Å²) in [5, 5.41) is 19.6. The first-order valence-corrected chi connectivity index (χ1v) is 3.73. The standard InChI is InChI=1S/C7H13NO4/c9-4-1-2-6(7(11)12)8-3-5-10/h4,6,8,10H,1-3,5H2,(H,11,12). The zero-order chi connectivity index (χ0) is 9.40. The Hall–Kier alpha value is -0.940. The van der Waals surface area contributed by atoms with Crippen molar-refractivity contribution in [1.29, 1.82) is 0 Å². The topological polar surface area (TPSA) is 86.6 Å². The van der Waals surface area contributed by atoms with E-state index < -0.39 is 12.0 Å². The molecule has 70 valence electrons. The molecule has 0 aliphatic carbocycles. The third-order valence-corrected chi connectivity index (χ3v) is 1.37. The molecule has 0 aliphatic rings. The lowest BCUT2D eigenvalue weighted by Gasteiger charge is -2.11. The Morgan fingerprint density at radius 3 is 2.67 bits per heavy atom. The summed E-state index contributed by atoms with van der Waals surface area (Å²) in [5.41, 5.74) is 0. The minimum absolute atomic E-state index is 0.106. The molecular formula is C7H13NO4. The number of nitrogens with one attached hydrogen (secondary N) is 1. The number of aliphatic hydroxyl groups excluding tert-OH is 1.